The zero-order valence-electron chi connectivity index (χ0n) is 4.87. The molecular formula is C5H4N2O3. The van der Waals surface area contributed by atoms with E-state index in [2.05, 4.69) is 10.2 Å². The van der Waals surface area contributed by atoms with Crippen LogP contribution in [0.4, 0.5) is 0 Å². The first-order chi connectivity index (χ1) is 4.72. The Morgan fingerprint density at radius 2 is 2.30 bits per heavy atom. The minimum atomic E-state index is -1.48. The number of Topliss-reactive ketones (excluding diaryl/α,β-unsaturated/α-hetero) is 1. The molecule has 0 aliphatic rings. The van der Waals surface area contributed by atoms with Crippen LogP contribution in [0.2, 0.25) is 0 Å². The van der Waals surface area contributed by atoms with Crippen molar-refractivity contribution in [2.24, 2.45) is 0 Å². The molecule has 5 nitrogen and oxygen atoms in total. The first-order valence-electron chi connectivity index (χ1n) is 2.49. The van der Waals surface area contributed by atoms with Crippen LogP contribution >= 0.6 is 0 Å². The SMILES string of the molecule is O=C(O)C(=O)c1ccn[nH]1. The highest BCUT2D eigenvalue weighted by molar-refractivity contribution is 6.39. The Morgan fingerprint density at radius 1 is 1.60 bits per heavy atom. The van der Waals surface area contributed by atoms with Crippen molar-refractivity contribution in [3.05, 3.63) is 18.0 Å². The number of carboxylic acids is 1. The van der Waals surface area contributed by atoms with E-state index in [1.54, 1.807) is 0 Å². The normalized spacial score (nSPS) is 9.20. The maximum Gasteiger partial charge on any atom is 0.378 e. The zero-order valence-corrected chi connectivity index (χ0v) is 4.87. The van der Waals surface area contributed by atoms with E-state index < -0.39 is 11.8 Å². The molecule has 0 saturated carbocycles. The lowest BCUT2D eigenvalue weighted by Gasteiger charge is -1.85. The maximum absolute atomic E-state index is 10.5. The number of aliphatic carboxylic acids is 1. The van der Waals surface area contributed by atoms with Gasteiger partial charge in [0.05, 0.1) is 0 Å². The van der Waals surface area contributed by atoms with E-state index >= 15 is 0 Å². The number of carbonyl (C=O) groups is 2. The molecule has 10 heavy (non-hydrogen) atoms. The van der Waals surface area contributed by atoms with Crippen molar-refractivity contribution in [2.75, 3.05) is 0 Å². The van der Waals surface area contributed by atoms with Gasteiger partial charge in [0.2, 0.25) is 0 Å². The topological polar surface area (TPSA) is 83.0 Å². The van der Waals surface area contributed by atoms with Gasteiger partial charge in [0, 0.05) is 6.20 Å². The largest absolute Gasteiger partial charge is 0.475 e. The lowest BCUT2D eigenvalue weighted by atomic mass is 10.3. The molecule has 0 spiro atoms. The van der Waals surface area contributed by atoms with Crippen LogP contribution in [0.1, 0.15) is 10.5 Å². The van der Waals surface area contributed by atoms with Crippen molar-refractivity contribution >= 4 is 11.8 Å². The van der Waals surface area contributed by atoms with Crippen molar-refractivity contribution in [2.45, 2.75) is 0 Å². The average molecular weight is 140 g/mol. The molecule has 0 atom stereocenters. The molecule has 2 N–H and O–H groups in total. The van der Waals surface area contributed by atoms with E-state index in [0.717, 1.165) is 0 Å². The Morgan fingerprint density at radius 3 is 2.70 bits per heavy atom. The highest BCUT2D eigenvalue weighted by Gasteiger charge is 2.14. The molecule has 5 heteroatoms. The number of aromatic amines is 1. The molecule has 0 fully saturated rings. The first kappa shape index (κ1) is 6.47. The molecule has 0 unspecified atom stereocenters. The summed E-state index contributed by atoms with van der Waals surface area (Å²) in [5, 5.41) is 13.8. The molecule has 0 aromatic carbocycles. The Labute approximate surface area is 55.7 Å². The number of aromatic nitrogens is 2. The van der Waals surface area contributed by atoms with E-state index in [1.807, 2.05) is 0 Å². The summed E-state index contributed by atoms with van der Waals surface area (Å²) in [6.45, 7) is 0. The monoisotopic (exact) mass is 140 g/mol. The van der Waals surface area contributed by atoms with Crippen molar-refractivity contribution < 1.29 is 14.7 Å². The van der Waals surface area contributed by atoms with Crippen LogP contribution in [0.25, 0.3) is 0 Å². The fourth-order valence-electron chi connectivity index (χ4n) is 0.498. The third-order valence-corrected chi connectivity index (χ3v) is 0.940. The predicted molar refractivity (Wildman–Crippen MR) is 30.6 cm³/mol. The van der Waals surface area contributed by atoms with Gasteiger partial charge in [-0.1, -0.05) is 0 Å². The van der Waals surface area contributed by atoms with Gasteiger partial charge in [-0.25, -0.2) is 4.79 Å². The molecule has 1 heterocycles. The van der Waals surface area contributed by atoms with Crippen LogP contribution in [-0.2, 0) is 4.79 Å². The molecule has 1 aromatic rings. The Bertz CT molecular complexity index is 252. The van der Waals surface area contributed by atoms with Crippen molar-refractivity contribution in [3.8, 4) is 0 Å². The van der Waals surface area contributed by atoms with Crippen LogP contribution in [0.15, 0.2) is 12.3 Å². The van der Waals surface area contributed by atoms with Gasteiger partial charge in [0.25, 0.3) is 5.78 Å². The van der Waals surface area contributed by atoms with Crippen LogP contribution in [0.5, 0.6) is 0 Å². The summed E-state index contributed by atoms with van der Waals surface area (Å²) >= 11 is 0. The van der Waals surface area contributed by atoms with Gasteiger partial charge in [-0.15, -0.1) is 0 Å². The molecular weight excluding hydrogens is 136 g/mol. The van der Waals surface area contributed by atoms with Crippen LogP contribution in [0.3, 0.4) is 0 Å². The molecule has 0 saturated heterocycles. The molecule has 0 bridgehead atoms. The standard InChI is InChI=1S/C5H4N2O3/c8-4(5(9)10)3-1-2-6-7-3/h1-2H,(H,6,7)(H,9,10). The molecule has 1 aromatic heterocycles. The van der Waals surface area contributed by atoms with Crippen LogP contribution < -0.4 is 0 Å². The number of H-pyrrole nitrogens is 1. The van der Waals surface area contributed by atoms with Gasteiger partial charge in [-0.05, 0) is 6.07 Å². The lowest BCUT2D eigenvalue weighted by Crippen LogP contribution is -2.12. The summed E-state index contributed by atoms with van der Waals surface area (Å²) in [5.41, 5.74) is -0.00694. The van der Waals surface area contributed by atoms with Gasteiger partial charge in [-0.3, -0.25) is 9.89 Å². The van der Waals surface area contributed by atoms with Gasteiger partial charge in [0.15, 0.2) is 0 Å². The summed E-state index contributed by atoms with van der Waals surface area (Å²) in [6.07, 6.45) is 1.32. The van der Waals surface area contributed by atoms with Crippen LogP contribution in [0, 0.1) is 0 Å². The zero-order chi connectivity index (χ0) is 7.56. The van der Waals surface area contributed by atoms with E-state index in [-0.39, 0.29) is 5.69 Å². The van der Waals surface area contributed by atoms with E-state index in [1.165, 1.54) is 12.3 Å². The Balaban J connectivity index is 2.88. The molecule has 0 radical (unpaired) electrons. The molecule has 1 rings (SSSR count). The maximum atomic E-state index is 10.5. The lowest BCUT2D eigenvalue weighted by molar-refractivity contribution is -0.131. The fraction of sp³-hybridized carbons (Fsp3) is 0. The molecule has 52 valence electrons. The fourth-order valence-corrected chi connectivity index (χ4v) is 0.498. The highest BCUT2D eigenvalue weighted by Crippen LogP contribution is 1.92. The number of hydrogen-bond acceptors (Lipinski definition) is 3. The minimum absolute atomic E-state index is 0.00694. The van der Waals surface area contributed by atoms with Crippen molar-refractivity contribution in [3.63, 3.8) is 0 Å². The highest BCUT2D eigenvalue weighted by atomic mass is 16.4. The quantitative estimate of drug-likeness (QED) is 0.435. The first-order valence-corrected chi connectivity index (χ1v) is 2.49. The number of carbonyl (C=O) groups excluding carboxylic acids is 1. The third-order valence-electron chi connectivity index (χ3n) is 0.940. The number of carboxylic acid groups (broad SMARTS) is 1. The number of nitrogens with zero attached hydrogens (tertiary/aromatic N) is 1. The van der Waals surface area contributed by atoms with E-state index in [9.17, 15) is 9.59 Å². The van der Waals surface area contributed by atoms with Gasteiger partial charge < -0.3 is 5.11 Å². The number of hydrogen-bond donors (Lipinski definition) is 2. The van der Waals surface area contributed by atoms with Gasteiger partial charge in [0.1, 0.15) is 5.69 Å². The predicted octanol–water partition coefficient (Wildman–Crippen LogP) is -0.323. The molecule has 0 aliphatic carbocycles. The average Bonchev–Trinajstić information content (AvgIpc) is 2.36. The van der Waals surface area contributed by atoms with Crippen LogP contribution in [-0.4, -0.2) is 27.1 Å². The number of ketones is 1. The van der Waals surface area contributed by atoms with E-state index in [4.69, 9.17) is 5.11 Å². The summed E-state index contributed by atoms with van der Waals surface area (Å²) < 4.78 is 0. The van der Waals surface area contributed by atoms with Crippen molar-refractivity contribution in [1.29, 1.82) is 0 Å². The van der Waals surface area contributed by atoms with Gasteiger partial charge in [-0.2, -0.15) is 5.10 Å². The smallest absolute Gasteiger partial charge is 0.378 e. The summed E-state index contributed by atoms with van der Waals surface area (Å²) in [5.74, 6) is -2.46. The van der Waals surface area contributed by atoms with Gasteiger partial charge >= 0.3 is 5.97 Å². The Hall–Kier alpha value is -1.65. The second kappa shape index (κ2) is 2.30. The number of nitrogens with one attached hydrogen (secondary N) is 1. The Kier molecular flexibility index (Phi) is 1.49. The third kappa shape index (κ3) is 1.02. The summed E-state index contributed by atoms with van der Waals surface area (Å²) in [4.78, 5) is 20.5. The summed E-state index contributed by atoms with van der Waals surface area (Å²) in [7, 11) is 0. The van der Waals surface area contributed by atoms with E-state index in [0.29, 0.717) is 0 Å². The number of rotatable bonds is 2. The second-order valence-corrected chi connectivity index (χ2v) is 1.60. The minimum Gasteiger partial charge on any atom is -0.475 e. The summed E-state index contributed by atoms with van der Waals surface area (Å²) in [6, 6.07) is 1.30. The molecule has 0 aliphatic heterocycles. The second-order valence-electron chi connectivity index (χ2n) is 1.60. The van der Waals surface area contributed by atoms with Crippen molar-refractivity contribution in [1.82, 2.24) is 10.2 Å². The molecule has 0 amide bonds.